The monoisotopic (exact) mass is 431 g/mol. The summed E-state index contributed by atoms with van der Waals surface area (Å²) in [6, 6.07) is 16.0. The number of carbonyl (C=O) groups is 1. The Kier molecular flexibility index (Phi) is 6.44. The molecule has 0 saturated carbocycles. The quantitative estimate of drug-likeness (QED) is 0.457. The minimum atomic E-state index is -0.307. The molecule has 1 amide bonds. The third kappa shape index (κ3) is 4.61. The first-order valence-corrected chi connectivity index (χ1v) is 10.6. The number of hydrogen-bond donors (Lipinski definition) is 0. The minimum absolute atomic E-state index is 0.0265. The highest BCUT2D eigenvalue weighted by atomic mass is 19.1. The van der Waals surface area contributed by atoms with Gasteiger partial charge in [-0.05, 0) is 30.3 Å². The van der Waals surface area contributed by atoms with Crippen LogP contribution in [0.5, 0.6) is 0 Å². The number of imidazole rings is 1. The van der Waals surface area contributed by atoms with Gasteiger partial charge in [-0.1, -0.05) is 36.9 Å². The Hall–Kier alpha value is -3.74. The van der Waals surface area contributed by atoms with Gasteiger partial charge in [0.15, 0.2) is 0 Å². The van der Waals surface area contributed by atoms with Gasteiger partial charge in [-0.3, -0.25) is 9.79 Å². The van der Waals surface area contributed by atoms with Gasteiger partial charge in [0, 0.05) is 50.6 Å². The van der Waals surface area contributed by atoms with Gasteiger partial charge in [-0.25, -0.2) is 9.37 Å². The molecular formula is C25H26FN5O. The number of amidine groups is 1. The van der Waals surface area contributed by atoms with Gasteiger partial charge >= 0.3 is 0 Å². The zero-order valence-corrected chi connectivity index (χ0v) is 18.1. The maximum atomic E-state index is 13.5. The van der Waals surface area contributed by atoms with Crippen LogP contribution in [0.15, 0.2) is 78.4 Å². The van der Waals surface area contributed by atoms with E-state index in [1.165, 1.54) is 12.1 Å². The number of benzene rings is 2. The number of rotatable bonds is 5. The highest BCUT2D eigenvalue weighted by molar-refractivity contribution is 5.92. The van der Waals surface area contributed by atoms with Crippen molar-refractivity contribution in [3.05, 3.63) is 79.3 Å². The average Bonchev–Trinajstić information content (AvgIpc) is 3.25. The molecule has 2 heterocycles. The predicted octanol–water partition coefficient (Wildman–Crippen LogP) is 3.71. The molecule has 2 aromatic carbocycles. The molecule has 0 radical (unpaired) electrons. The van der Waals surface area contributed by atoms with Crippen molar-refractivity contribution in [2.75, 3.05) is 33.2 Å². The Morgan fingerprint density at radius 1 is 1.03 bits per heavy atom. The van der Waals surface area contributed by atoms with Crippen LogP contribution in [0.25, 0.3) is 22.6 Å². The lowest BCUT2D eigenvalue weighted by atomic mass is 10.2. The van der Waals surface area contributed by atoms with E-state index in [0.29, 0.717) is 32.0 Å². The first-order valence-electron chi connectivity index (χ1n) is 10.6. The molecule has 0 spiro atoms. The van der Waals surface area contributed by atoms with Crippen molar-refractivity contribution in [1.82, 2.24) is 19.4 Å². The molecule has 164 valence electrons. The van der Waals surface area contributed by atoms with Crippen LogP contribution in [0, 0.1) is 5.82 Å². The molecule has 0 unspecified atom stereocenters. The minimum Gasteiger partial charge on any atom is -0.353 e. The van der Waals surface area contributed by atoms with Crippen molar-refractivity contribution >= 4 is 11.7 Å². The van der Waals surface area contributed by atoms with Crippen molar-refractivity contribution < 1.29 is 9.18 Å². The molecule has 0 atom stereocenters. The van der Waals surface area contributed by atoms with Gasteiger partial charge < -0.3 is 14.4 Å². The van der Waals surface area contributed by atoms with Gasteiger partial charge in [0.2, 0.25) is 5.91 Å². The molecule has 0 aliphatic carbocycles. The molecule has 1 aliphatic heterocycles. The van der Waals surface area contributed by atoms with E-state index in [0.717, 1.165) is 22.7 Å². The predicted molar refractivity (Wildman–Crippen MR) is 125 cm³/mol. The van der Waals surface area contributed by atoms with Crippen molar-refractivity contribution in [2.24, 2.45) is 4.99 Å². The Morgan fingerprint density at radius 3 is 2.31 bits per heavy atom. The Morgan fingerprint density at radius 2 is 1.69 bits per heavy atom. The van der Waals surface area contributed by atoms with E-state index in [9.17, 15) is 9.18 Å². The number of nitrogens with zero attached hydrogens (tertiary/aromatic N) is 5. The van der Waals surface area contributed by atoms with E-state index in [1.54, 1.807) is 25.3 Å². The van der Waals surface area contributed by atoms with Crippen LogP contribution in [-0.4, -0.2) is 64.3 Å². The van der Waals surface area contributed by atoms with E-state index >= 15 is 0 Å². The highest BCUT2D eigenvalue weighted by Gasteiger charge is 2.23. The van der Waals surface area contributed by atoms with Crippen molar-refractivity contribution in [3.63, 3.8) is 0 Å². The van der Waals surface area contributed by atoms with Crippen LogP contribution in [0.1, 0.15) is 0 Å². The summed E-state index contributed by atoms with van der Waals surface area (Å²) < 4.78 is 15.3. The third-order valence-electron chi connectivity index (χ3n) is 5.62. The Bertz CT molecular complexity index is 1110. The summed E-state index contributed by atoms with van der Waals surface area (Å²) in [5.41, 5.74) is 2.50. The van der Waals surface area contributed by atoms with E-state index in [1.807, 2.05) is 46.0 Å². The summed E-state index contributed by atoms with van der Waals surface area (Å²) in [6.45, 7) is 6.65. The number of aromatic nitrogens is 2. The van der Waals surface area contributed by atoms with E-state index in [4.69, 9.17) is 4.98 Å². The SMILES string of the molecule is C=CC(=NC)N1CCN(C(=O)Cn2cc(-c3ccccc3)nc2-c2ccc(F)cc2)CC1. The second-order valence-electron chi connectivity index (χ2n) is 7.60. The van der Waals surface area contributed by atoms with E-state index in [2.05, 4.69) is 16.5 Å². The Balaban J connectivity index is 1.56. The Labute approximate surface area is 187 Å². The smallest absolute Gasteiger partial charge is 0.242 e. The molecule has 6 nitrogen and oxygen atoms in total. The number of halogens is 1. The zero-order chi connectivity index (χ0) is 22.5. The highest BCUT2D eigenvalue weighted by Crippen LogP contribution is 2.25. The summed E-state index contributed by atoms with van der Waals surface area (Å²) in [7, 11) is 1.74. The van der Waals surface area contributed by atoms with Crippen LogP contribution in [0.4, 0.5) is 4.39 Å². The lowest BCUT2D eigenvalue weighted by Crippen LogP contribution is -2.51. The van der Waals surface area contributed by atoms with Crippen LogP contribution >= 0.6 is 0 Å². The fourth-order valence-corrected chi connectivity index (χ4v) is 3.91. The molecule has 0 N–H and O–H groups in total. The van der Waals surface area contributed by atoms with Crippen LogP contribution in [-0.2, 0) is 11.3 Å². The molecular weight excluding hydrogens is 405 g/mol. The van der Waals surface area contributed by atoms with Gasteiger partial charge in [0.1, 0.15) is 24.0 Å². The topological polar surface area (TPSA) is 53.7 Å². The largest absolute Gasteiger partial charge is 0.353 e. The number of aliphatic imine (C=N–C) groups is 1. The van der Waals surface area contributed by atoms with Crippen molar-refractivity contribution in [1.29, 1.82) is 0 Å². The van der Waals surface area contributed by atoms with Crippen molar-refractivity contribution in [2.45, 2.75) is 6.54 Å². The third-order valence-corrected chi connectivity index (χ3v) is 5.62. The summed E-state index contributed by atoms with van der Waals surface area (Å²) in [5.74, 6) is 1.21. The maximum absolute atomic E-state index is 13.5. The van der Waals surface area contributed by atoms with Gasteiger partial charge in [-0.15, -0.1) is 0 Å². The molecule has 0 bridgehead atoms. The van der Waals surface area contributed by atoms with Crippen LogP contribution in [0.2, 0.25) is 0 Å². The maximum Gasteiger partial charge on any atom is 0.242 e. The molecule has 1 fully saturated rings. The van der Waals surface area contributed by atoms with Crippen LogP contribution in [0.3, 0.4) is 0 Å². The lowest BCUT2D eigenvalue weighted by molar-refractivity contribution is -0.133. The fourth-order valence-electron chi connectivity index (χ4n) is 3.91. The standard InChI is InChI=1S/C25H26FN5O/c1-3-23(27-2)29-13-15-30(16-14-29)24(32)18-31-17-22(19-7-5-4-6-8-19)28-25(31)20-9-11-21(26)12-10-20/h3-12,17H,1,13-16,18H2,2H3. The number of hydrogen-bond acceptors (Lipinski definition) is 3. The van der Waals surface area contributed by atoms with Gasteiger partial charge in [-0.2, -0.15) is 0 Å². The van der Waals surface area contributed by atoms with Gasteiger partial charge in [0.05, 0.1) is 5.69 Å². The zero-order valence-electron chi connectivity index (χ0n) is 18.1. The first kappa shape index (κ1) is 21.5. The number of carbonyl (C=O) groups excluding carboxylic acids is 1. The molecule has 1 aromatic heterocycles. The molecule has 32 heavy (non-hydrogen) atoms. The molecule has 1 aliphatic rings. The molecule has 1 saturated heterocycles. The number of piperazine rings is 1. The number of amides is 1. The summed E-state index contributed by atoms with van der Waals surface area (Å²) in [4.78, 5) is 26.1. The molecule has 4 rings (SSSR count). The second-order valence-corrected chi connectivity index (χ2v) is 7.60. The average molecular weight is 432 g/mol. The summed E-state index contributed by atoms with van der Waals surface area (Å²) in [5, 5.41) is 0. The van der Waals surface area contributed by atoms with E-state index in [-0.39, 0.29) is 18.3 Å². The fraction of sp³-hybridized carbons (Fsp3) is 0.240. The lowest BCUT2D eigenvalue weighted by Gasteiger charge is -2.36. The summed E-state index contributed by atoms with van der Waals surface area (Å²) >= 11 is 0. The molecule has 3 aromatic rings. The first-order chi connectivity index (χ1) is 15.6. The van der Waals surface area contributed by atoms with E-state index < -0.39 is 0 Å². The second kappa shape index (κ2) is 9.60. The van der Waals surface area contributed by atoms with Crippen molar-refractivity contribution in [3.8, 4) is 22.6 Å². The summed E-state index contributed by atoms with van der Waals surface area (Å²) in [6.07, 6.45) is 3.63. The molecule has 7 heteroatoms. The van der Waals surface area contributed by atoms with Crippen LogP contribution < -0.4 is 0 Å². The van der Waals surface area contributed by atoms with Gasteiger partial charge in [0.25, 0.3) is 0 Å². The normalized spacial score (nSPS) is 14.5.